The molecule has 1 amide bonds. The Labute approximate surface area is 177 Å². The number of benzene rings is 2. The molecule has 3 rings (SSSR count). The van der Waals surface area contributed by atoms with Crippen LogP contribution in [0.1, 0.15) is 25.0 Å². The first-order valence-electron chi connectivity index (χ1n) is 9.93. The van der Waals surface area contributed by atoms with Crippen molar-refractivity contribution in [1.82, 2.24) is 10.2 Å². The minimum atomic E-state index is -0.158. The van der Waals surface area contributed by atoms with Crippen molar-refractivity contribution in [2.75, 3.05) is 38.1 Å². The van der Waals surface area contributed by atoms with E-state index in [1.165, 1.54) is 0 Å². The maximum atomic E-state index is 13.1. The number of carbonyl (C=O) groups excluding carboxylic acids is 1. The lowest BCUT2D eigenvalue weighted by molar-refractivity contribution is -0.114. The van der Waals surface area contributed by atoms with E-state index in [1.54, 1.807) is 24.2 Å². The summed E-state index contributed by atoms with van der Waals surface area (Å²) in [5.41, 5.74) is 3.67. The predicted octanol–water partition coefficient (Wildman–Crippen LogP) is 3.93. The average Bonchev–Trinajstić information content (AvgIpc) is 2.84. The Bertz CT molecular complexity index is 920. The number of aliphatic imine (C=N–C) groups is 1. The van der Waals surface area contributed by atoms with Crippen LogP contribution < -0.4 is 10.2 Å². The fourth-order valence-electron chi connectivity index (χ4n) is 3.34. The first-order chi connectivity index (χ1) is 14.0. The normalized spacial score (nSPS) is 15.3. The number of halogens is 1. The molecule has 0 aromatic heterocycles. The molecule has 1 aliphatic rings. The van der Waals surface area contributed by atoms with Gasteiger partial charge in [0.15, 0.2) is 0 Å². The van der Waals surface area contributed by atoms with Crippen molar-refractivity contribution < 1.29 is 4.79 Å². The van der Waals surface area contributed by atoms with Gasteiger partial charge in [-0.3, -0.25) is 4.79 Å². The third-order valence-corrected chi connectivity index (χ3v) is 5.32. The highest BCUT2D eigenvalue weighted by Gasteiger charge is 2.26. The van der Waals surface area contributed by atoms with Crippen LogP contribution in [0.2, 0.25) is 5.02 Å². The molecule has 0 fully saturated rings. The largest absolute Gasteiger partial charge is 0.388 e. The van der Waals surface area contributed by atoms with Crippen molar-refractivity contribution in [1.29, 1.82) is 0 Å². The van der Waals surface area contributed by atoms with Crippen molar-refractivity contribution in [3.63, 3.8) is 0 Å². The van der Waals surface area contributed by atoms with Gasteiger partial charge in [-0.05, 0) is 31.3 Å². The number of fused-ring (bicyclic) bond motifs is 1. The van der Waals surface area contributed by atoms with Crippen LogP contribution in [0.4, 0.5) is 5.69 Å². The second-order valence-corrected chi connectivity index (χ2v) is 7.30. The lowest BCUT2D eigenvalue weighted by Crippen LogP contribution is -2.31. The van der Waals surface area contributed by atoms with E-state index in [0.29, 0.717) is 10.7 Å². The first-order valence-corrected chi connectivity index (χ1v) is 10.3. The fourth-order valence-corrected chi connectivity index (χ4v) is 3.51. The Kier molecular flexibility index (Phi) is 7.07. The summed E-state index contributed by atoms with van der Waals surface area (Å²) in [6.07, 6.45) is 1.72. The molecular formula is C23H27ClN4O. The van der Waals surface area contributed by atoms with Gasteiger partial charge in [-0.1, -0.05) is 55.8 Å². The van der Waals surface area contributed by atoms with Gasteiger partial charge in [0.1, 0.15) is 5.70 Å². The minimum Gasteiger partial charge on any atom is -0.388 e. The van der Waals surface area contributed by atoms with Gasteiger partial charge in [0.25, 0.3) is 5.91 Å². The van der Waals surface area contributed by atoms with E-state index in [9.17, 15) is 4.79 Å². The third-order valence-electron chi connectivity index (χ3n) is 5.08. The van der Waals surface area contributed by atoms with Gasteiger partial charge in [0.05, 0.1) is 11.4 Å². The zero-order chi connectivity index (χ0) is 20.8. The summed E-state index contributed by atoms with van der Waals surface area (Å²) < 4.78 is 0. The van der Waals surface area contributed by atoms with Crippen LogP contribution in [0, 0.1) is 0 Å². The van der Waals surface area contributed by atoms with Crippen molar-refractivity contribution in [3.8, 4) is 0 Å². The lowest BCUT2D eigenvalue weighted by Gasteiger charge is -2.19. The Morgan fingerprint density at radius 1 is 1.14 bits per heavy atom. The summed E-state index contributed by atoms with van der Waals surface area (Å²) in [7, 11) is 1.77. The number of hydrogen-bond acceptors (Lipinski definition) is 4. The maximum absolute atomic E-state index is 13.1. The smallest absolute Gasteiger partial charge is 0.278 e. The van der Waals surface area contributed by atoms with E-state index in [-0.39, 0.29) is 5.91 Å². The highest BCUT2D eigenvalue weighted by molar-refractivity contribution is 6.32. The number of anilines is 1. The molecule has 0 aliphatic carbocycles. The summed E-state index contributed by atoms with van der Waals surface area (Å²) in [6, 6.07) is 15.4. The number of likely N-dealkylation sites (N-methyl/N-ethyl adjacent to an activating group) is 2. The predicted molar refractivity (Wildman–Crippen MR) is 121 cm³/mol. The molecule has 152 valence electrons. The summed E-state index contributed by atoms with van der Waals surface area (Å²) in [5.74, 6) is -0.158. The van der Waals surface area contributed by atoms with E-state index in [1.807, 2.05) is 42.5 Å². The molecule has 1 N–H and O–H groups in total. The quantitative estimate of drug-likeness (QED) is 0.555. The molecule has 0 atom stereocenters. The van der Waals surface area contributed by atoms with E-state index >= 15 is 0 Å². The zero-order valence-corrected chi connectivity index (χ0v) is 17.9. The second kappa shape index (κ2) is 9.72. The molecule has 0 saturated carbocycles. The SMILES string of the molecule is CCN(CC)CCN/C=C1/N=C(c2ccccc2)c2cc(Cl)ccc2N(C)C1=O. The maximum Gasteiger partial charge on any atom is 0.278 e. The molecule has 0 bridgehead atoms. The van der Waals surface area contributed by atoms with Gasteiger partial charge in [0, 0.05) is 42.5 Å². The number of nitrogens with zero attached hydrogens (tertiary/aromatic N) is 3. The van der Waals surface area contributed by atoms with Gasteiger partial charge in [-0.25, -0.2) is 4.99 Å². The molecule has 0 saturated heterocycles. The number of benzodiazepines with no additional fused rings is 1. The van der Waals surface area contributed by atoms with Gasteiger partial charge in [-0.2, -0.15) is 0 Å². The second-order valence-electron chi connectivity index (χ2n) is 6.86. The van der Waals surface area contributed by atoms with E-state index in [0.717, 1.165) is 48.7 Å². The number of rotatable bonds is 7. The van der Waals surface area contributed by atoms with Crippen molar-refractivity contribution in [2.45, 2.75) is 13.8 Å². The summed E-state index contributed by atoms with van der Waals surface area (Å²) >= 11 is 6.27. The van der Waals surface area contributed by atoms with E-state index in [4.69, 9.17) is 16.6 Å². The van der Waals surface area contributed by atoms with Crippen LogP contribution in [0.5, 0.6) is 0 Å². The molecule has 6 heteroatoms. The number of hydrogen-bond donors (Lipinski definition) is 1. The monoisotopic (exact) mass is 410 g/mol. The van der Waals surface area contributed by atoms with E-state index < -0.39 is 0 Å². The Morgan fingerprint density at radius 3 is 2.55 bits per heavy atom. The molecule has 0 radical (unpaired) electrons. The summed E-state index contributed by atoms with van der Waals surface area (Å²) in [5, 5.41) is 3.87. The minimum absolute atomic E-state index is 0.158. The molecule has 1 heterocycles. The number of nitrogens with one attached hydrogen (secondary N) is 1. The summed E-state index contributed by atoms with van der Waals surface area (Å²) in [6.45, 7) is 7.95. The zero-order valence-electron chi connectivity index (χ0n) is 17.2. The van der Waals surface area contributed by atoms with Crippen LogP contribution >= 0.6 is 11.6 Å². The molecule has 0 spiro atoms. The fraction of sp³-hybridized carbons (Fsp3) is 0.304. The Morgan fingerprint density at radius 2 is 1.86 bits per heavy atom. The molecule has 1 aliphatic heterocycles. The van der Waals surface area contributed by atoms with Gasteiger partial charge < -0.3 is 15.1 Å². The van der Waals surface area contributed by atoms with Crippen molar-refractivity contribution >= 4 is 28.9 Å². The summed E-state index contributed by atoms with van der Waals surface area (Å²) in [4.78, 5) is 21.8. The molecule has 2 aromatic carbocycles. The standard InChI is InChI=1S/C23H27ClN4O/c1-4-28(5-2)14-13-25-16-20-23(29)27(3)21-12-11-18(24)15-19(21)22(26-20)17-9-7-6-8-10-17/h6-12,15-16,25H,4-5,13-14H2,1-3H3/b20-16+. The van der Waals surface area contributed by atoms with Gasteiger partial charge in [0.2, 0.25) is 0 Å². The average molecular weight is 411 g/mol. The van der Waals surface area contributed by atoms with Crippen LogP contribution in [0.15, 0.2) is 65.4 Å². The Balaban J connectivity index is 1.99. The molecular weight excluding hydrogens is 384 g/mol. The highest BCUT2D eigenvalue weighted by atomic mass is 35.5. The molecule has 29 heavy (non-hydrogen) atoms. The van der Waals surface area contributed by atoms with Gasteiger partial charge >= 0.3 is 0 Å². The molecule has 0 unspecified atom stereocenters. The van der Waals surface area contributed by atoms with Gasteiger partial charge in [-0.15, -0.1) is 0 Å². The topological polar surface area (TPSA) is 47.9 Å². The number of carbonyl (C=O) groups is 1. The van der Waals surface area contributed by atoms with Crippen LogP contribution in [-0.4, -0.2) is 49.7 Å². The van der Waals surface area contributed by atoms with Crippen LogP contribution in [0.25, 0.3) is 0 Å². The molecule has 2 aromatic rings. The van der Waals surface area contributed by atoms with Crippen LogP contribution in [0.3, 0.4) is 0 Å². The van der Waals surface area contributed by atoms with Crippen molar-refractivity contribution in [3.05, 3.63) is 76.6 Å². The third kappa shape index (κ3) is 4.86. The Hall–Kier alpha value is -2.63. The van der Waals surface area contributed by atoms with E-state index in [2.05, 4.69) is 24.1 Å². The van der Waals surface area contributed by atoms with Crippen molar-refractivity contribution in [2.24, 2.45) is 4.99 Å². The first kappa shape index (κ1) is 21.1. The lowest BCUT2D eigenvalue weighted by atomic mass is 10.0. The van der Waals surface area contributed by atoms with Crippen LogP contribution in [-0.2, 0) is 4.79 Å². The number of amides is 1. The highest BCUT2D eigenvalue weighted by Crippen LogP contribution is 2.30. The molecule has 5 nitrogen and oxygen atoms in total.